The molecule has 0 radical (unpaired) electrons. The fraction of sp³-hybridized carbons (Fsp3) is 0.625. The molecule has 2 heterocycles. The van der Waals surface area contributed by atoms with E-state index >= 15 is 0 Å². The second-order valence-electron chi connectivity index (χ2n) is 5.79. The van der Waals surface area contributed by atoms with E-state index in [0.29, 0.717) is 6.54 Å². The zero-order chi connectivity index (χ0) is 13.8. The molecule has 0 unspecified atom stereocenters. The van der Waals surface area contributed by atoms with Crippen LogP contribution in [-0.2, 0) is 6.54 Å². The van der Waals surface area contributed by atoms with Crippen molar-refractivity contribution in [2.45, 2.75) is 19.4 Å². The van der Waals surface area contributed by atoms with Gasteiger partial charge in [-0.05, 0) is 30.9 Å². The molecule has 1 saturated carbocycles. The van der Waals surface area contributed by atoms with Crippen molar-refractivity contribution >= 4 is 11.3 Å². The van der Waals surface area contributed by atoms with Gasteiger partial charge in [-0.1, -0.05) is 11.8 Å². The Bertz CT molecular complexity index is 487. The lowest BCUT2D eigenvalue weighted by Gasteiger charge is -2.34. The predicted molar refractivity (Wildman–Crippen MR) is 84.7 cm³/mol. The maximum absolute atomic E-state index is 5.40. The van der Waals surface area contributed by atoms with Crippen LogP contribution in [0.25, 0.3) is 0 Å². The number of nitrogens with two attached hydrogens (primary N) is 1. The van der Waals surface area contributed by atoms with Gasteiger partial charge in [-0.3, -0.25) is 4.90 Å². The fourth-order valence-electron chi connectivity index (χ4n) is 2.68. The first kappa shape index (κ1) is 14.1. The number of thiophene rings is 1. The van der Waals surface area contributed by atoms with Crippen molar-refractivity contribution in [3.63, 3.8) is 0 Å². The maximum atomic E-state index is 5.40. The van der Waals surface area contributed by atoms with Gasteiger partial charge in [-0.15, -0.1) is 11.3 Å². The van der Waals surface area contributed by atoms with Crippen LogP contribution in [0.15, 0.2) is 12.1 Å². The van der Waals surface area contributed by atoms with Gasteiger partial charge in [0.2, 0.25) is 0 Å². The van der Waals surface area contributed by atoms with Gasteiger partial charge in [0, 0.05) is 44.1 Å². The number of hydrogen-bond donors (Lipinski definition) is 1. The molecule has 0 bridgehead atoms. The van der Waals surface area contributed by atoms with E-state index in [1.165, 1.54) is 50.4 Å². The molecule has 3 nitrogen and oxygen atoms in total. The van der Waals surface area contributed by atoms with Gasteiger partial charge in [-0.25, -0.2) is 0 Å². The van der Waals surface area contributed by atoms with Crippen LogP contribution < -0.4 is 5.73 Å². The zero-order valence-corrected chi connectivity index (χ0v) is 12.8. The highest BCUT2D eigenvalue weighted by Gasteiger charge is 2.26. The molecule has 1 aromatic heterocycles. The van der Waals surface area contributed by atoms with Crippen LogP contribution in [-0.4, -0.2) is 49.1 Å². The van der Waals surface area contributed by atoms with Crippen LogP contribution in [0.3, 0.4) is 0 Å². The Morgan fingerprint density at radius 1 is 1.15 bits per heavy atom. The summed E-state index contributed by atoms with van der Waals surface area (Å²) in [5.41, 5.74) is 5.40. The summed E-state index contributed by atoms with van der Waals surface area (Å²) in [5.74, 6) is 7.05. The fourth-order valence-corrected chi connectivity index (χ4v) is 3.61. The van der Waals surface area contributed by atoms with Crippen LogP contribution in [0.4, 0.5) is 0 Å². The third-order valence-electron chi connectivity index (χ3n) is 4.03. The number of hydrogen-bond acceptors (Lipinski definition) is 4. The molecule has 2 N–H and O–H groups in total. The van der Waals surface area contributed by atoms with Gasteiger partial charge in [-0.2, -0.15) is 0 Å². The molecular formula is C16H23N3S. The largest absolute Gasteiger partial charge is 0.320 e. The first-order chi connectivity index (χ1) is 9.83. The molecule has 0 atom stereocenters. The highest BCUT2D eigenvalue weighted by Crippen LogP contribution is 2.30. The van der Waals surface area contributed by atoms with E-state index in [2.05, 4.69) is 33.8 Å². The van der Waals surface area contributed by atoms with Crippen LogP contribution in [0.2, 0.25) is 0 Å². The molecule has 1 aliphatic heterocycles. The molecule has 2 aliphatic rings. The van der Waals surface area contributed by atoms with E-state index in [1.807, 2.05) is 0 Å². The van der Waals surface area contributed by atoms with Gasteiger partial charge in [0.25, 0.3) is 0 Å². The van der Waals surface area contributed by atoms with Crippen molar-refractivity contribution in [1.82, 2.24) is 9.80 Å². The van der Waals surface area contributed by atoms with Crippen LogP contribution in [0, 0.1) is 17.8 Å². The van der Waals surface area contributed by atoms with Crippen molar-refractivity contribution in [2.75, 3.05) is 39.3 Å². The standard InChI is InChI=1S/C16H23N3S/c17-7-1-2-15-5-6-16(20-15)13-19-10-8-18(9-11-19)12-14-3-4-14/h5-6,14H,3-4,7-13,17H2. The van der Waals surface area contributed by atoms with Crippen molar-refractivity contribution in [3.05, 3.63) is 21.9 Å². The van der Waals surface area contributed by atoms with Crippen molar-refractivity contribution in [3.8, 4) is 11.8 Å². The smallest absolute Gasteiger partial charge is 0.0772 e. The van der Waals surface area contributed by atoms with E-state index in [9.17, 15) is 0 Å². The second-order valence-corrected chi connectivity index (χ2v) is 6.96. The summed E-state index contributed by atoms with van der Waals surface area (Å²) in [7, 11) is 0. The maximum Gasteiger partial charge on any atom is 0.0772 e. The molecular weight excluding hydrogens is 266 g/mol. The third kappa shape index (κ3) is 4.07. The molecule has 20 heavy (non-hydrogen) atoms. The summed E-state index contributed by atoms with van der Waals surface area (Å²) < 4.78 is 0. The topological polar surface area (TPSA) is 32.5 Å². The number of rotatable bonds is 4. The van der Waals surface area contributed by atoms with Crippen LogP contribution >= 0.6 is 11.3 Å². The summed E-state index contributed by atoms with van der Waals surface area (Å²) in [6, 6.07) is 4.33. The zero-order valence-electron chi connectivity index (χ0n) is 12.0. The van der Waals surface area contributed by atoms with Crippen LogP contribution in [0.5, 0.6) is 0 Å². The van der Waals surface area contributed by atoms with Crippen molar-refractivity contribution < 1.29 is 0 Å². The third-order valence-corrected chi connectivity index (χ3v) is 5.02. The Morgan fingerprint density at radius 3 is 2.60 bits per heavy atom. The Morgan fingerprint density at radius 2 is 1.90 bits per heavy atom. The molecule has 4 heteroatoms. The molecule has 1 aliphatic carbocycles. The Hall–Kier alpha value is -0.860. The van der Waals surface area contributed by atoms with Crippen molar-refractivity contribution in [2.24, 2.45) is 11.7 Å². The SMILES string of the molecule is NCC#Cc1ccc(CN2CCN(CC3CC3)CC2)s1. The van der Waals surface area contributed by atoms with Gasteiger partial charge < -0.3 is 10.6 Å². The minimum Gasteiger partial charge on any atom is -0.320 e. The second kappa shape index (κ2) is 6.73. The quantitative estimate of drug-likeness (QED) is 0.854. The first-order valence-corrected chi connectivity index (χ1v) is 8.37. The average Bonchev–Trinajstić information content (AvgIpc) is 3.17. The summed E-state index contributed by atoms with van der Waals surface area (Å²) in [6.07, 6.45) is 2.92. The van der Waals surface area contributed by atoms with Gasteiger partial charge in [0.1, 0.15) is 0 Å². The predicted octanol–water partition coefficient (Wildman–Crippen LogP) is 1.59. The van der Waals surface area contributed by atoms with E-state index in [1.54, 1.807) is 11.3 Å². The highest BCUT2D eigenvalue weighted by atomic mass is 32.1. The average molecular weight is 289 g/mol. The molecule has 108 valence electrons. The Kier molecular flexibility index (Phi) is 4.74. The minimum atomic E-state index is 0.441. The van der Waals surface area contributed by atoms with E-state index in [4.69, 9.17) is 5.73 Å². The van der Waals surface area contributed by atoms with Gasteiger partial charge in [0.05, 0.1) is 11.4 Å². The monoisotopic (exact) mass is 289 g/mol. The molecule has 3 rings (SSSR count). The number of nitrogens with zero attached hydrogens (tertiary/aromatic N) is 2. The Labute approximate surface area is 125 Å². The lowest BCUT2D eigenvalue weighted by Crippen LogP contribution is -2.46. The van der Waals surface area contributed by atoms with Gasteiger partial charge in [0.15, 0.2) is 0 Å². The Balaban J connectivity index is 1.45. The summed E-state index contributed by atoms with van der Waals surface area (Å²) in [4.78, 5) is 7.76. The lowest BCUT2D eigenvalue weighted by atomic mass is 10.2. The molecule has 2 fully saturated rings. The highest BCUT2D eigenvalue weighted by molar-refractivity contribution is 7.12. The molecule has 1 aromatic rings. The van der Waals surface area contributed by atoms with Crippen molar-refractivity contribution in [1.29, 1.82) is 0 Å². The normalized spacial score (nSPS) is 20.6. The molecule has 0 amide bonds. The lowest BCUT2D eigenvalue weighted by molar-refractivity contribution is 0.124. The van der Waals surface area contributed by atoms with E-state index < -0.39 is 0 Å². The van der Waals surface area contributed by atoms with E-state index in [-0.39, 0.29) is 0 Å². The summed E-state index contributed by atoms with van der Waals surface area (Å²) in [6.45, 7) is 7.74. The van der Waals surface area contributed by atoms with Gasteiger partial charge >= 0.3 is 0 Å². The minimum absolute atomic E-state index is 0.441. The summed E-state index contributed by atoms with van der Waals surface area (Å²) in [5, 5.41) is 0. The number of piperazine rings is 1. The molecule has 1 saturated heterocycles. The molecule has 0 spiro atoms. The first-order valence-electron chi connectivity index (χ1n) is 7.56. The molecule has 0 aromatic carbocycles. The van der Waals surface area contributed by atoms with Crippen LogP contribution in [0.1, 0.15) is 22.6 Å². The summed E-state index contributed by atoms with van der Waals surface area (Å²) >= 11 is 1.80. The van der Waals surface area contributed by atoms with E-state index in [0.717, 1.165) is 17.3 Å².